The molecule has 0 aliphatic carbocycles. The van der Waals surface area contributed by atoms with Gasteiger partial charge in [0, 0.05) is 11.6 Å². The standard InChI is InChI=1S/C14H10ClO2/c15-12-8-4-5-9-14(12)17-10-13(16)11-6-2-1-3-7-11/h1-8H,10H2. The lowest BCUT2D eigenvalue weighted by molar-refractivity contribution is 0.0921. The molecular formula is C14H10ClO2. The number of halogens is 1. The molecule has 0 saturated heterocycles. The molecule has 0 aliphatic heterocycles. The SMILES string of the molecule is O=C(COc1[c]cccc1Cl)c1ccccc1. The average molecular weight is 246 g/mol. The van der Waals surface area contributed by atoms with Crippen molar-refractivity contribution < 1.29 is 9.53 Å². The van der Waals surface area contributed by atoms with E-state index in [1.165, 1.54) is 0 Å². The normalized spacial score (nSPS) is 9.94. The summed E-state index contributed by atoms with van der Waals surface area (Å²) in [5, 5.41) is 0.452. The van der Waals surface area contributed by atoms with E-state index in [0.717, 1.165) is 0 Å². The van der Waals surface area contributed by atoms with Crippen molar-refractivity contribution in [2.24, 2.45) is 0 Å². The Hall–Kier alpha value is -1.80. The highest BCUT2D eigenvalue weighted by atomic mass is 35.5. The predicted octanol–water partition coefficient (Wildman–Crippen LogP) is 3.40. The summed E-state index contributed by atoms with van der Waals surface area (Å²) in [4.78, 5) is 11.7. The maximum absolute atomic E-state index is 11.7. The molecule has 0 atom stereocenters. The van der Waals surface area contributed by atoms with Gasteiger partial charge < -0.3 is 4.74 Å². The van der Waals surface area contributed by atoms with Crippen LogP contribution in [0, 0.1) is 6.07 Å². The Labute approximate surface area is 105 Å². The van der Waals surface area contributed by atoms with Gasteiger partial charge in [0.25, 0.3) is 0 Å². The zero-order valence-corrected chi connectivity index (χ0v) is 9.78. The van der Waals surface area contributed by atoms with Crippen molar-refractivity contribution in [2.45, 2.75) is 0 Å². The molecule has 2 rings (SSSR count). The van der Waals surface area contributed by atoms with Crippen LogP contribution in [-0.2, 0) is 0 Å². The monoisotopic (exact) mass is 245 g/mol. The van der Waals surface area contributed by atoms with E-state index < -0.39 is 0 Å². The van der Waals surface area contributed by atoms with Gasteiger partial charge in [-0.1, -0.05) is 54.1 Å². The highest BCUT2D eigenvalue weighted by molar-refractivity contribution is 6.32. The van der Waals surface area contributed by atoms with Crippen molar-refractivity contribution in [3.8, 4) is 5.75 Å². The minimum Gasteiger partial charge on any atom is -0.483 e. The third-order valence-electron chi connectivity index (χ3n) is 2.21. The zero-order valence-electron chi connectivity index (χ0n) is 9.02. The second-order valence-corrected chi connectivity index (χ2v) is 3.83. The number of para-hydroxylation sites is 1. The topological polar surface area (TPSA) is 26.3 Å². The Balaban J connectivity index is 2.00. The molecule has 2 aromatic carbocycles. The van der Waals surface area contributed by atoms with E-state index >= 15 is 0 Å². The van der Waals surface area contributed by atoms with Crippen LogP contribution in [0.2, 0.25) is 5.02 Å². The van der Waals surface area contributed by atoms with Crippen molar-refractivity contribution in [3.63, 3.8) is 0 Å². The quantitative estimate of drug-likeness (QED) is 0.772. The Morgan fingerprint density at radius 3 is 2.65 bits per heavy atom. The summed E-state index contributed by atoms with van der Waals surface area (Å²) < 4.78 is 5.32. The lowest BCUT2D eigenvalue weighted by Gasteiger charge is -2.06. The van der Waals surface area contributed by atoms with Crippen LogP contribution in [0.25, 0.3) is 0 Å². The van der Waals surface area contributed by atoms with Gasteiger partial charge in [-0.3, -0.25) is 4.79 Å². The Morgan fingerprint density at radius 1 is 1.18 bits per heavy atom. The number of hydrogen-bond donors (Lipinski definition) is 0. The van der Waals surface area contributed by atoms with Crippen molar-refractivity contribution in [1.82, 2.24) is 0 Å². The van der Waals surface area contributed by atoms with Crippen LogP contribution in [0.5, 0.6) is 5.75 Å². The van der Waals surface area contributed by atoms with Crippen LogP contribution in [0.1, 0.15) is 10.4 Å². The third-order valence-corrected chi connectivity index (χ3v) is 2.51. The molecule has 0 fully saturated rings. The highest BCUT2D eigenvalue weighted by Crippen LogP contribution is 2.22. The first-order valence-corrected chi connectivity index (χ1v) is 5.52. The fraction of sp³-hybridized carbons (Fsp3) is 0.0714. The summed E-state index contributed by atoms with van der Waals surface area (Å²) in [6.07, 6.45) is 0. The first kappa shape index (κ1) is 11.7. The number of rotatable bonds is 4. The molecule has 1 radical (unpaired) electrons. The third kappa shape index (κ3) is 3.08. The molecule has 0 aliphatic rings. The number of carbonyl (C=O) groups excluding carboxylic acids is 1. The minimum absolute atomic E-state index is 0.0375. The van der Waals surface area contributed by atoms with Gasteiger partial charge in [-0.05, 0) is 6.07 Å². The summed E-state index contributed by atoms with van der Waals surface area (Å²) in [5.74, 6) is 0.317. The summed E-state index contributed by atoms with van der Waals surface area (Å²) >= 11 is 5.89. The van der Waals surface area contributed by atoms with Crippen LogP contribution in [0.4, 0.5) is 0 Å². The first-order chi connectivity index (χ1) is 8.27. The molecule has 0 amide bonds. The number of Topliss-reactive ketones (excluding diaryl/α,β-unsaturated/α-hetero) is 1. The van der Waals surface area contributed by atoms with Gasteiger partial charge in [0.1, 0.15) is 5.75 Å². The molecular weight excluding hydrogens is 236 g/mol. The maximum atomic E-state index is 11.7. The number of ether oxygens (including phenoxy) is 1. The molecule has 0 heterocycles. The van der Waals surface area contributed by atoms with Gasteiger partial charge in [-0.25, -0.2) is 0 Å². The lowest BCUT2D eigenvalue weighted by atomic mass is 10.1. The second-order valence-electron chi connectivity index (χ2n) is 3.43. The molecule has 0 N–H and O–H groups in total. The minimum atomic E-state index is -0.0843. The Morgan fingerprint density at radius 2 is 1.94 bits per heavy atom. The summed E-state index contributed by atoms with van der Waals surface area (Å²) in [5.41, 5.74) is 0.625. The molecule has 85 valence electrons. The van der Waals surface area contributed by atoms with E-state index in [0.29, 0.717) is 16.3 Å². The van der Waals surface area contributed by atoms with Crippen LogP contribution < -0.4 is 4.74 Å². The maximum Gasteiger partial charge on any atom is 0.200 e. The van der Waals surface area contributed by atoms with E-state index in [2.05, 4.69) is 6.07 Å². The predicted molar refractivity (Wildman–Crippen MR) is 66.6 cm³/mol. The average Bonchev–Trinajstić information content (AvgIpc) is 2.38. The zero-order chi connectivity index (χ0) is 12.1. The lowest BCUT2D eigenvalue weighted by Crippen LogP contribution is -2.11. The molecule has 2 nitrogen and oxygen atoms in total. The molecule has 0 aromatic heterocycles. The van der Waals surface area contributed by atoms with Crippen molar-refractivity contribution in [2.75, 3.05) is 6.61 Å². The molecule has 17 heavy (non-hydrogen) atoms. The second kappa shape index (κ2) is 5.51. The van der Waals surface area contributed by atoms with Gasteiger partial charge >= 0.3 is 0 Å². The Bertz CT molecular complexity index is 509. The van der Waals surface area contributed by atoms with Gasteiger partial charge in [0.15, 0.2) is 12.4 Å². The van der Waals surface area contributed by atoms with Crippen molar-refractivity contribution in [1.29, 1.82) is 0 Å². The van der Waals surface area contributed by atoms with Crippen LogP contribution in [-0.4, -0.2) is 12.4 Å². The molecule has 0 bridgehead atoms. The molecule has 0 spiro atoms. The van der Waals surface area contributed by atoms with Gasteiger partial charge in [0.2, 0.25) is 0 Å². The molecule has 3 heteroatoms. The van der Waals surface area contributed by atoms with Crippen LogP contribution >= 0.6 is 11.6 Å². The van der Waals surface area contributed by atoms with E-state index in [1.807, 2.05) is 18.2 Å². The van der Waals surface area contributed by atoms with Gasteiger partial charge in [-0.2, -0.15) is 0 Å². The van der Waals surface area contributed by atoms with Gasteiger partial charge in [0.05, 0.1) is 5.02 Å². The van der Waals surface area contributed by atoms with E-state index in [1.54, 1.807) is 30.3 Å². The first-order valence-electron chi connectivity index (χ1n) is 5.14. The van der Waals surface area contributed by atoms with E-state index in [-0.39, 0.29) is 12.4 Å². The van der Waals surface area contributed by atoms with E-state index in [9.17, 15) is 4.79 Å². The van der Waals surface area contributed by atoms with Crippen LogP contribution in [0.3, 0.4) is 0 Å². The van der Waals surface area contributed by atoms with Crippen molar-refractivity contribution in [3.05, 3.63) is 65.2 Å². The highest BCUT2D eigenvalue weighted by Gasteiger charge is 2.07. The fourth-order valence-electron chi connectivity index (χ4n) is 1.36. The summed E-state index contributed by atoms with van der Waals surface area (Å²) in [6.45, 7) is -0.0375. The number of benzene rings is 2. The number of ketones is 1. The summed E-state index contributed by atoms with van der Waals surface area (Å²) in [6, 6.07) is 17.0. The van der Waals surface area contributed by atoms with Crippen molar-refractivity contribution >= 4 is 17.4 Å². The Kier molecular flexibility index (Phi) is 3.78. The summed E-state index contributed by atoms with van der Waals surface area (Å²) in [7, 11) is 0. The van der Waals surface area contributed by atoms with E-state index in [4.69, 9.17) is 16.3 Å². The fourth-order valence-corrected chi connectivity index (χ4v) is 1.54. The molecule has 0 unspecified atom stereocenters. The van der Waals surface area contributed by atoms with Gasteiger partial charge in [-0.15, -0.1) is 0 Å². The number of hydrogen-bond acceptors (Lipinski definition) is 2. The van der Waals surface area contributed by atoms with Crippen LogP contribution in [0.15, 0.2) is 48.5 Å². The smallest absolute Gasteiger partial charge is 0.200 e. The number of carbonyl (C=O) groups is 1. The molecule has 0 saturated carbocycles. The molecule has 2 aromatic rings. The largest absolute Gasteiger partial charge is 0.483 e.